The number of pyridine rings is 1. The number of nitrogens with one attached hydrogen (secondary N) is 2. The molecule has 2 N–H and O–H groups in total. The standard InChI is InChI=1S/C26H35N5O2/c32-24(27-9-12-30-10-1-2-11-30)21-16-31-22(6-3-7-23(31)29-21)25(33)28-17-26-8-4-5-18(14-26)20-13-19(20)15-26/h3,6-7,16,18-20H,1-2,4-5,8-15,17H2,(H,27,32)(H,28,33). The summed E-state index contributed by atoms with van der Waals surface area (Å²) in [6, 6.07) is 5.51. The van der Waals surface area contributed by atoms with E-state index in [1.165, 1.54) is 51.4 Å². The molecular weight excluding hydrogens is 414 g/mol. The zero-order valence-electron chi connectivity index (χ0n) is 19.4. The molecule has 4 unspecified atom stereocenters. The van der Waals surface area contributed by atoms with Crippen molar-refractivity contribution in [2.75, 3.05) is 32.7 Å². The van der Waals surface area contributed by atoms with Crippen molar-refractivity contribution in [1.29, 1.82) is 0 Å². The number of carbonyl (C=O) groups excluding carboxylic acids is 2. The molecule has 7 heteroatoms. The van der Waals surface area contributed by atoms with Crippen LogP contribution < -0.4 is 10.6 Å². The second-order valence-electron chi connectivity index (χ2n) is 11.0. The van der Waals surface area contributed by atoms with Crippen LogP contribution in [0.5, 0.6) is 0 Å². The Kier molecular flexibility index (Phi) is 5.40. The number of imidazole rings is 1. The maximum Gasteiger partial charge on any atom is 0.271 e. The molecule has 33 heavy (non-hydrogen) atoms. The fourth-order valence-corrected chi connectivity index (χ4v) is 7.01. The summed E-state index contributed by atoms with van der Waals surface area (Å²) < 4.78 is 1.75. The van der Waals surface area contributed by atoms with Gasteiger partial charge in [-0.3, -0.25) is 14.0 Å². The Bertz CT molecular complexity index is 1060. The van der Waals surface area contributed by atoms with Gasteiger partial charge in [-0.2, -0.15) is 0 Å². The van der Waals surface area contributed by atoms with Crippen LogP contribution in [0.4, 0.5) is 0 Å². The third-order valence-electron chi connectivity index (χ3n) is 8.75. The Morgan fingerprint density at radius 1 is 1.06 bits per heavy atom. The summed E-state index contributed by atoms with van der Waals surface area (Å²) in [5.41, 5.74) is 1.82. The fourth-order valence-electron chi connectivity index (χ4n) is 7.01. The van der Waals surface area contributed by atoms with Crippen LogP contribution in [0.25, 0.3) is 5.65 Å². The molecule has 2 aromatic heterocycles. The lowest BCUT2D eigenvalue weighted by atomic mass is 9.62. The molecule has 6 rings (SSSR count). The van der Waals surface area contributed by atoms with Crippen molar-refractivity contribution in [2.45, 2.75) is 51.4 Å². The lowest BCUT2D eigenvalue weighted by molar-refractivity contribution is 0.0624. The van der Waals surface area contributed by atoms with Gasteiger partial charge in [0.2, 0.25) is 0 Å². The number of aromatic nitrogens is 2. The highest BCUT2D eigenvalue weighted by Gasteiger charge is 2.55. The lowest BCUT2D eigenvalue weighted by Gasteiger charge is -2.45. The van der Waals surface area contributed by atoms with Gasteiger partial charge in [-0.1, -0.05) is 18.9 Å². The highest BCUT2D eigenvalue weighted by atomic mass is 16.2. The largest absolute Gasteiger partial charge is 0.350 e. The van der Waals surface area contributed by atoms with E-state index in [4.69, 9.17) is 0 Å². The molecule has 176 valence electrons. The van der Waals surface area contributed by atoms with Gasteiger partial charge >= 0.3 is 0 Å². The number of carbonyl (C=O) groups is 2. The third kappa shape index (κ3) is 4.16. The van der Waals surface area contributed by atoms with Crippen LogP contribution in [0.15, 0.2) is 24.4 Å². The Hall–Kier alpha value is -2.41. The van der Waals surface area contributed by atoms with E-state index in [9.17, 15) is 9.59 Å². The summed E-state index contributed by atoms with van der Waals surface area (Å²) >= 11 is 0. The predicted octanol–water partition coefficient (Wildman–Crippen LogP) is 3.11. The fraction of sp³-hybridized carbons (Fsp3) is 0.654. The van der Waals surface area contributed by atoms with Crippen LogP contribution in [0.1, 0.15) is 72.3 Å². The molecule has 1 aliphatic heterocycles. The minimum Gasteiger partial charge on any atom is -0.350 e. The predicted molar refractivity (Wildman–Crippen MR) is 126 cm³/mol. The molecule has 7 nitrogen and oxygen atoms in total. The first-order valence-corrected chi connectivity index (χ1v) is 12.9. The van der Waals surface area contributed by atoms with Crippen LogP contribution in [0.3, 0.4) is 0 Å². The maximum atomic E-state index is 13.2. The molecule has 0 radical (unpaired) electrons. The van der Waals surface area contributed by atoms with Crippen LogP contribution in [-0.2, 0) is 0 Å². The van der Waals surface area contributed by atoms with Crippen LogP contribution in [0, 0.1) is 23.2 Å². The zero-order valence-corrected chi connectivity index (χ0v) is 19.4. The van der Waals surface area contributed by atoms with Gasteiger partial charge in [-0.05, 0) is 86.9 Å². The van der Waals surface area contributed by atoms with Gasteiger partial charge in [0.1, 0.15) is 17.0 Å². The van der Waals surface area contributed by atoms with Crippen LogP contribution in [-0.4, -0.2) is 58.8 Å². The van der Waals surface area contributed by atoms with Gasteiger partial charge in [0.25, 0.3) is 11.8 Å². The molecule has 1 saturated heterocycles. The molecule has 3 saturated carbocycles. The Balaban J connectivity index is 1.11. The van der Waals surface area contributed by atoms with Gasteiger partial charge in [-0.25, -0.2) is 4.98 Å². The summed E-state index contributed by atoms with van der Waals surface area (Å²) in [5, 5.41) is 6.23. The highest BCUT2D eigenvalue weighted by Crippen LogP contribution is 2.63. The molecule has 2 amide bonds. The summed E-state index contributed by atoms with van der Waals surface area (Å²) in [6.07, 6.45) is 12.1. The van der Waals surface area contributed by atoms with E-state index in [2.05, 4.69) is 20.5 Å². The molecular formula is C26H35N5O2. The first-order valence-electron chi connectivity index (χ1n) is 12.9. The molecule has 2 bridgehead atoms. The average Bonchev–Trinajstić information content (AvgIpc) is 3.21. The molecule has 3 aliphatic carbocycles. The number of hydrogen-bond donors (Lipinski definition) is 2. The number of hydrogen-bond acceptors (Lipinski definition) is 4. The number of rotatable bonds is 7. The van der Waals surface area contributed by atoms with E-state index in [0.717, 1.165) is 43.9 Å². The van der Waals surface area contributed by atoms with Gasteiger partial charge in [-0.15, -0.1) is 0 Å². The monoisotopic (exact) mass is 449 g/mol. The lowest BCUT2D eigenvalue weighted by Crippen LogP contribution is -2.44. The van der Waals surface area contributed by atoms with Crippen molar-refractivity contribution in [3.8, 4) is 0 Å². The first kappa shape index (κ1) is 21.1. The molecule has 4 atom stereocenters. The summed E-state index contributed by atoms with van der Waals surface area (Å²) in [6.45, 7) is 4.49. The van der Waals surface area contributed by atoms with Gasteiger partial charge < -0.3 is 15.5 Å². The topological polar surface area (TPSA) is 78.7 Å². The van der Waals surface area contributed by atoms with E-state index < -0.39 is 0 Å². The second-order valence-corrected chi connectivity index (χ2v) is 11.0. The van der Waals surface area contributed by atoms with Crippen molar-refractivity contribution in [1.82, 2.24) is 24.9 Å². The van der Waals surface area contributed by atoms with E-state index in [1.54, 1.807) is 10.6 Å². The summed E-state index contributed by atoms with van der Waals surface area (Å²) in [7, 11) is 0. The number of likely N-dealkylation sites (tertiary alicyclic amines) is 1. The first-order chi connectivity index (χ1) is 16.1. The third-order valence-corrected chi connectivity index (χ3v) is 8.75. The summed E-state index contributed by atoms with van der Waals surface area (Å²) in [5.74, 6) is 2.52. The SMILES string of the molecule is O=C(NCCN1CCCC1)c1cn2c(C(=O)NCC34CCCC(C3)C3CC3C4)cccc2n1. The quantitative estimate of drug-likeness (QED) is 0.681. The molecule has 2 aromatic rings. The Morgan fingerprint density at radius 3 is 2.79 bits per heavy atom. The Labute approximate surface area is 195 Å². The van der Waals surface area contributed by atoms with Crippen LogP contribution >= 0.6 is 0 Å². The van der Waals surface area contributed by atoms with Gasteiger partial charge in [0.05, 0.1) is 0 Å². The smallest absolute Gasteiger partial charge is 0.271 e. The summed E-state index contributed by atoms with van der Waals surface area (Å²) in [4.78, 5) is 32.7. The van der Waals surface area contributed by atoms with Crippen molar-refractivity contribution in [3.63, 3.8) is 0 Å². The van der Waals surface area contributed by atoms with E-state index >= 15 is 0 Å². The molecule has 3 heterocycles. The molecule has 0 aromatic carbocycles. The Morgan fingerprint density at radius 2 is 1.91 bits per heavy atom. The van der Waals surface area contributed by atoms with E-state index in [0.29, 0.717) is 29.0 Å². The van der Waals surface area contributed by atoms with Crippen LogP contribution in [0.2, 0.25) is 0 Å². The van der Waals surface area contributed by atoms with E-state index in [1.807, 2.05) is 18.2 Å². The normalized spacial score (nSPS) is 30.7. The minimum absolute atomic E-state index is 0.0755. The zero-order chi connectivity index (χ0) is 22.4. The molecule has 4 fully saturated rings. The second kappa shape index (κ2) is 8.42. The number of fused-ring (bicyclic) bond motifs is 5. The number of nitrogens with zero attached hydrogens (tertiary/aromatic N) is 3. The number of amides is 2. The van der Waals surface area contributed by atoms with Gasteiger partial charge in [0.15, 0.2) is 0 Å². The van der Waals surface area contributed by atoms with Gasteiger partial charge in [0, 0.05) is 25.8 Å². The van der Waals surface area contributed by atoms with Crippen molar-refractivity contribution >= 4 is 17.5 Å². The van der Waals surface area contributed by atoms with Crippen molar-refractivity contribution in [3.05, 3.63) is 35.8 Å². The average molecular weight is 450 g/mol. The maximum absolute atomic E-state index is 13.2. The molecule has 0 spiro atoms. The molecule has 4 aliphatic rings. The van der Waals surface area contributed by atoms with Crippen molar-refractivity contribution < 1.29 is 9.59 Å². The minimum atomic E-state index is -0.183. The van der Waals surface area contributed by atoms with E-state index in [-0.39, 0.29) is 11.8 Å². The van der Waals surface area contributed by atoms with Crippen molar-refractivity contribution in [2.24, 2.45) is 23.2 Å². The highest BCUT2D eigenvalue weighted by molar-refractivity contribution is 5.95.